The molecule has 0 bridgehead atoms. The molecule has 1 aromatic rings. The van der Waals surface area contributed by atoms with Gasteiger partial charge in [-0.3, -0.25) is 4.79 Å². The standard InChI is InChI=1S/C14H19FN2O/c1-14(10-16)6-8-17(9-7-14)13(18)11-4-2-3-5-12(11)15/h2-5H,6-10,16H2,1H3. The van der Waals surface area contributed by atoms with Gasteiger partial charge in [-0.05, 0) is 36.9 Å². The minimum absolute atomic E-state index is 0.117. The highest BCUT2D eigenvalue weighted by Gasteiger charge is 2.31. The van der Waals surface area contributed by atoms with E-state index in [0.717, 1.165) is 12.8 Å². The lowest BCUT2D eigenvalue weighted by Gasteiger charge is -2.38. The second-order valence-corrected chi connectivity index (χ2v) is 5.29. The van der Waals surface area contributed by atoms with Crippen molar-refractivity contribution in [1.82, 2.24) is 4.90 Å². The van der Waals surface area contributed by atoms with E-state index in [0.29, 0.717) is 19.6 Å². The predicted molar refractivity (Wildman–Crippen MR) is 68.7 cm³/mol. The lowest BCUT2D eigenvalue weighted by molar-refractivity contribution is 0.0613. The molecular weight excluding hydrogens is 231 g/mol. The van der Waals surface area contributed by atoms with Crippen molar-refractivity contribution in [2.75, 3.05) is 19.6 Å². The van der Waals surface area contributed by atoms with Crippen molar-refractivity contribution in [3.05, 3.63) is 35.6 Å². The average molecular weight is 250 g/mol. The number of hydrogen-bond acceptors (Lipinski definition) is 2. The van der Waals surface area contributed by atoms with Crippen LogP contribution in [0.15, 0.2) is 24.3 Å². The van der Waals surface area contributed by atoms with Crippen molar-refractivity contribution in [2.24, 2.45) is 11.1 Å². The lowest BCUT2D eigenvalue weighted by Crippen LogP contribution is -2.44. The number of benzene rings is 1. The van der Waals surface area contributed by atoms with E-state index in [2.05, 4.69) is 6.92 Å². The Balaban J connectivity index is 2.07. The number of hydrogen-bond donors (Lipinski definition) is 1. The molecule has 0 spiro atoms. The van der Waals surface area contributed by atoms with E-state index in [4.69, 9.17) is 5.73 Å². The number of amides is 1. The molecule has 0 radical (unpaired) electrons. The second kappa shape index (κ2) is 5.06. The highest BCUT2D eigenvalue weighted by molar-refractivity contribution is 5.94. The smallest absolute Gasteiger partial charge is 0.256 e. The van der Waals surface area contributed by atoms with Gasteiger partial charge in [-0.1, -0.05) is 19.1 Å². The first-order chi connectivity index (χ1) is 8.56. The number of carbonyl (C=O) groups excluding carboxylic acids is 1. The molecule has 1 aliphatic rings. The van der Waals surface area contributed by atoms with E-state index < -0.39 is 5.82 Å². The summed E-state index contributed by atoms with van der Waals surface area (Å²) in [5.41, 5.74) is 6.01. The van der Waals surface area contributed by atoms with Crippen molar-refractivity contribution < 1.29 is 9.18 Å². The number of nitrogens with two attached hydrogens (primary N) is 1. The zero-order chi connectivity index (χ0) is 13.2. The third-order valence-corrected chi connectivity index (χ3v) is 3.85. The average Bonchev–Trinajstić information content (AvgIpc) is 2.39. The van der Waals surface area contributed by atoms with Crippen LogP contribution < -0.4 is 5.73 Å². The molecule has 2 rings (SSSR count). The maximum Gasteiger partial charge on any atom is 0.256 e. The highest BCUT2D eigenvalue weighted by Crippen LogP contribution is 2.30. The number of rotatable bonds is 2. The van der Waals surface area contributed by atoms with E-state index in [1.165, 1.54) is 12.1 Å². The summed E-state index contributed by atoms with van der Waals surface area (Å²) in [6.07, 6.45) is 1.76. The topological polar surface area (TPSA) is 46.3 Å². The third kappa shape index (κ3) is 2.53. The van der Waals surface area contributed by atoms with Gasteiger partial charge >= 0.3 is 0 Å². The Bertz CT molecular complexity index is 439. The van der Waals surface area contributed by atoms with Crippen molar-refractivity contribution in [3.8, 4) is 0 Å². The Morgan fingerprint density at radius 3 is 2.56 bits per heavy atom. The van der Waals surface area contributed by atoms with Gasteiger partial charge in [-0.15, -0.1) is 0 Å². The molecule has 98 valence electrons. The minimum atomic E-state index is -0.449. The molecule has 0 saturated carbocycles. The largest absolute Gasteiger partial charge is 0.339 e. The van der Waals surface area contributed by atoms with Crippen LogP contribution in [0.25, 0.3) is 0 Å². The van der Waals surface area contributed by atoms with Crippen LogP contribution in [0.3, 0.4) is 0 Å². The summed E-state index contributed by atoms with van der Waals surface area (Å²) in [6.45, 7) is 4.08. The zero-order valence-electron chi connectivity index (χ0n) is 10.7. The molecule has 0 aliphatic carbocycles. The Morgan fingerprint density at radius 1 is 1.39 bits per heavy atom. The molecule has 0 unspecified atom stereocenters. The van der Waals surface area contributed by atoms with Gasteiger partial charge in [-0.2, -0.15) is 0 Å². The summed E-state index contributed by atoms with van der Waals surface area (Å²) in [5, 5.41) is 0. The van der Waals surface area contributed by atoms with Crippen LogP contribution in [0.4, 0.5) is 4.39 Å². The van der Waals surface area contributed by atoms with Gasteiger partial charge in [0.15, 0.2) is 0 Å². The molecule has 0 aromatic heterocycles. The highest BCUT2D eigenvalue weighted by atomic mass is 19.1. The molecule has 1 aromatic carbocycles. The van der Waals surface area contributed by atoms with Crippen LogP contribution in [-0.2, 0) is 0 Å². The van der Waals surface area contributed by atoms with Crippen LogP contribution >= 0.6 is 0 Å². The molecular formula is C14H19FN2O. The molecule has 1 heterocycles. The van der Waals surface area contributed by atoms with Gasteiger partial charge in [0.05, 0.1) is 5.56 Å². The molecule has 4 heteroatoms. The van der Waals surface area contributed by atoms with E-state index in [1.54, 1.807) is 17.0 Å². The molecule has 1 aliphatic heterocycles. The van der Waals surface area contributed by atoms with Crippen molar-refractivity contribution in [3.63, 3.8) is 0 Å². The summed E-state index contributed by atoms with van der Waals surface area (Å²) in [4.78, 5) is 13.9. The van der Waals surface area contributed by atoms with Gasteiger partial charge in [0.1, 0.15) is 5.82 Å². The molecule has 0 atom stereocenters. The Morgan fingerprint density at radius 2 is 2.00 bits per heavy atom. The fourth-order valence-electron chi connectivity index (χ4n) is 2.26. The number of nitrogens with zero attached hydrogens (tertiary/aromatic N) is 1. The summed E-state index contributed by atoms with van der Waals surface area (Å²) in [5.74, 6) is -0.665. The van der Waals surface area contributed by atoms with Gasteiger partial charge in [0.2, 0.25) is 0 Å². The van der Waals surface area contributed by atoms with Crippen molar-refractivity contribution in [1.29, 1.82) is 0 Å². The fourth-order valence-corrected chi connectivity index (χ4v) is 2.26. The normalized spacial score (nSPS) is 18.7. The van der Waals surface area contributed by atoms with Crippen molar-refractivity contribution >= 4 is 5.91 Å². The first-order valence-corrected chi connectivity index (χ1v) is 6.30. The maximum atomic E-state index is 13.5. The predicted octanol–water partition coefficient (Wildman–Crippen LogP) is 2.03. The lowest BCUT2D eigenvalue weighted by atomic mass is 9.80. The Kier molecular flexibility index (Phi) is 3.66. The van der Waals surface area contributed by atoms with E-state index >= 15 is 0 Å². The van der Waals surface area contributed by atoms with E-state index in [9.17, 15) is 9.18 Å². The summed E-state index contributed by atoms with van der Waals surface area (Å²) in [6, 6.07) is 6.13. The van der Waals surface area contributed by atoms with Crippen LogP contribution in [-0.4, -0.2) is 30.4 Å². The quantitative estimate of drug-likeness (QED) is 0.873. The first-order valence-electron chi connectivity index (χ1n) is 6.30. The Labute approximate surface area is 107 Å². The monoisotopic (exact) mass is 250 g/mol. The molecule has 1 saturated heterocycles. The second-order valence-electron chi connectivity index (χ2n) is 5.29. The van der Waals surface area contributed by atoms with Crippen LogP contribution in [0.1, 0.15) is 30.1 Å². The number of carbonyl (C=O) groups is 1. The molecule has 18 heavy (non-hydrogen) atoms. The van der Waals surface area contributed by atoms with E-state index in [-0.39, 0.29) is 16.9 Å². The van der Waals surface area contributed by atoms with Crippen LogP contribution in [0.5, 0.6) is 0 Å². The van der Waals surface area contributed by atoms with Gasteiger partial charge in [-0.25, -0.2) is 4.39 Å². The number of halogens is 1. The Hall–Kier alpha value is -1.42. The summed E-state index contributed by atoms with van der Waals surface area (Å²) in [7, 11) is 0. The number of piperidine rings is 1. The zero-order valence-corrected chi connectivity index (χ0v) is 10.7. The minimum Gasteiger partial charge on any atom is -0.339 e. The van der Waals surface area contributed by atoms with E-state index in [1.807, 2.05) is 0 Å². The molecule has 3 nitrogen and oxygen atoms in total. The SMILES string of the molecule is CC1(CN)CCN(C(=O)c2ccccc2F)CC1. The van der Waals surface area contributed by atoms with Gasteiger partial charge in [0, 0.05) is 13.1 Å². The van der Waals surface area contributed by atoms with Crippen LogP contribution in [0.2, 0.25) is 0 Å². The summed E-state index contributed by atoms with van der Waals surface area (Å²) >= 11 is 0. The van der Waals surface area contributed by atoms with Crippen molar-refractivity contribution in [2.45, 2.75) is 19.8 Å². The molecule has 1 amide bonds. The fraction of sp³-hybridized carbons (Fsp3) is 0.500. The van der Waals surface area contributed by atoms with Gasteiger partial charge in [0.25, 0.3) is 5.91 Å². The summed E-state index contributed by atoms with van der Waals surface area (Å²) < 4.78 is 13.5. The first kappa shape index (κ1) is 13.0. The maximum absolute atomic E-state index is 13.5. The number of likely N-dealkylation sites (tertiary alicyclic amines) is 1. The van der Waals surface area contributed by atoms with Crippen LogP contribution in [0, 0.1) is 11.2 Å². The molecule has 2 N–H and O–H groups in total. The van der Waals surface area contributed by atoms with Gasteiger partial charge < -0.3 is 10.6 Å². The molecule has 1 fully saturated rings. The third-order valence-electron chi connectivity index (χ3n) is 3.85.